The van der Waals surface area contributed by atoms with Gasteiger partial charge in [-0.2, -0.15) is 0 Å². The molecule has 13 heavy (non-hydrogen) atoms. The Morgan fingerprint density at radius 1 is 1.08 bits per heavy atom. The van der Waals surface area contributed by atoms with Gasteiger partial charge in [-0.3, -0.25) is 4.79 Å². The maximum absolute atomic E-state index is 11.2. The second-order valence-corrected chi connectivity index (χ2v) is 3.90. The maximum atomic E-state index is 11.2. The van der Waals surface area contributed by atoms with Crippen molar-refractivity contribution in [1.82, 2.24) is 4.90 Å². The van der Waals surface area contributed by atoms with Gasteiger partial charge in [-0.1, -0.05) is 39.0 Å². The second-order valence-electron chi connectivity index (χ2n) is 3.90. The Kier molecular flexibility index (Phi) is 4.87. The summed E-state index contributed by atoms with van der Waals surface area (Å²) < 4.78 is 0. The summed E-state index contributed by atoms with van der Waals surface area (Å²) in [5, 5.41) is 0. The van der Waals surface area contributed by atoms with E-state index in [1.54, 1.807) is 0 Å². The van der Waals surface area contributed by atoms with E-state index in [9.17, 15) is 4.79 Å². The summed E-state index contributed by atoms with van der Waals surface area (Å²) >= 11 is 0. The minimum atomic E-state index is 0.371. The van der Waals surface area contributed by atoms with E-state index < -0.39 is 0 Å². The molecule has 0 saturated carbocycles. The molecular formula is C11H21NO. The standard InChI is InChI=1S/C11H21NO/c1-2-3-4-5-6-7-8-11(13)12-9-10-12/h2-10H2,1H3. The summed E-state index contributed by atoms with van der Waals surface area (Å²) in [6.07, 6.45) is 8.41. The van der Waals surface area contributed by atoms with E-state index in [0.29, 0.717) is 5.91 Å². The van der Waals surface area contributed by atoms with Gasteiger partial charge in [0, 0.05) is 19.5 Å². The Bertz CT molecular complexity index is 152. The highest BCUT2D eigenvalue weighted by atomic mass is 16.2. The molecule has 1 amide bonds. The van der Waals surface area contributed by atoms with Crippen LogP contribution < -0.4 is 0 Å². The molecule has 2 heteroatoms. The van der Waals surface area contributed by atoms with Gasteiger partial charge in [0.15, 0.2) is 0 Å². The Morgan fingerprint density at radius 3 is 2.31 bits per heavy atom. The van der Waals surface area contributed by atoms with E-state index in [1.807, 2.05) is 4.90 Å². The predicted octanol–water partition coefficient (Wildman–Crippen LogP) is 2.58. The SMILES string of the molecule is CCCCCCCCC(=O)N1CC1. The number of rotatable bonds is 7. The molecule has 1 fully saturated rings. The average molecular weight is 183 g/mol. The predicted molar refractivity (Wildman–Crippen MR) is 54.6 cm³/mol. The van der Waals surface area contributed by atoms with Crippen molar-refractivity contribution < 1.29 is 4.79 Å². The van der Waals surface area contributed by atoms with Crippen LogP contribution in [0.25, 0.3) is 0 Å². The molecule has 1 saturated heterocycles. The van der Waals surface area contributed by atoms with Crippen LogP contribution in [-0.2, 0) is 4.79 Å². The quantitative estimate of drug-likeness (QED) is 0.439. The molecule has 2 nitrogen and oxygen atoms in total. The fourth-order valence-corrected chi connectivity index (χ4v) is 1.51. The van der Waals surface area contributed by atoms with Crippen molar-refractivity contribution in [3.63, 3.8) is 0 Å². The summed E-state index contributed by atoms with van der Waals surface area (Å²) in [5.41, 5.74) is 0. The van der Waals surface area contributed by atoms with Crippen LogP contribution in [0.4, 0.5) is 0 Å². The molecule has 0 spiro atoms. The van der Waals surface area contributed by atoms with Gasteiger partial charge < -0.3 is 4.90 Å². The minimum absolute atomic E-state index is 0.371. The van der Waals surface area contributed by atoms with Crippen molar-refractivity contribution in [2.45, 2.75) is 51.9 Å². The van der Waals surface area contributed by atoms with Crippen molar-refractivity contribution >= 4 is 5.91 Å². The third-order valence-corrected chi connectivity index (χ3v) is 2.54. The van der Waals surface area contributed by atoms with Crippen molar-refractivity contribution in [2.75, 3.05) is 13.1 Å². The first-order valence-corrected chi connectivity index (χ1v) is 5.62. The third kappa shape index (κ3) is 4.91. The average Bonchev–Trinajstić information content (AvgIpc) is 2.93. The van der Waals surface area contributed by atoms with Crippen LogP contribution in [0.2, 0.25) is 0 Å². The molecule has 0 aromatic carbocycles. The highest BCUT2D eigenvalue weighted by Gasteiger charge is 2.22. The summed E-state index contributed by atoms with van der Waals surface area (Å²) in [7, 11) is 0. The van der Waals surface area contributed by atoms with Gasteiger partial charge in [0.05, 0.1) is 0 Å². The van der Waals surface area contributed by atoms with Gasteiger partial charge in [-0.05, 0) is 6.42 Å². The van der Waals surface area contributed by atoms with Crippen LogP contribution in [-0.4, -0.2) is 23.9 Å². The lowest BCUT2D eigenvalue weighted by atomic mass is 10.1. The zero-order chi connectivity index (χ0) is 9.52. The van der Waals surface area contributed by atoms with Gasteiger partial charge in [0.2, 0.25) is 5.91 Å². The zero-order valence-corrected chi connectivity index (χ0v) is 8.72. The highest BCUT2D eigenvalue weighted by molar-refractivity contribution is 5.78. The van der Waals surface area contributed by atoms with Crippen molar-refractivity contribution in [2.24, 2.45) is 0 Å². The van der Waals surface area contributed by atoms with Crippen LogP contribution in [0.15, 0.2) is 0 Å². The van der Waals surface area contributed by atoms with Crippen LogP contribution in [0.5, 0.6) is 0 Å². The van der Waals surface area contributed by atoms with E-state index >= 15 is 0 Å². The molecule has 76 valence electrons. The number of nitrogens with zero attached hydrogens (tertiary/aromatic N) is 1. The summed E-state index contributed by atoms with van der Waals surface area (Å²) in [4.78, 5) is 13.1. The molecule has 0 aromatic heterocycles. The normalized spacial score (nSPS) is 14.7. The summed E-state index contributed by atoms with van der Waals surface area (Å²) in [6.45, 7) is 4.24. The summed E-state index contributed by atoms with van der Waals surface area (Å²) in [6, 6.07) is 0. The number of amides is 1. The number of unbranched alkanes of at least 4 members (excludes halogenated alkanes) is 5. The molecule has 0 aliphatic carbocycles. The van der Waals surface area contributed by atoms with E-state index in [2.05, 4.69) is 6.92 Å². The molecule has 1 rings (SSSR count). The maximum Gasteiger partial charge on any atom is 0.222 e. The molecule has 0 N–H and O–H groups in total. The van der Waals surface area contributed by atoms with Crippen molar-refractivity contribution in [3.05, 3.63) is 0 Å². The van der Waals surface area contributed by atoms with E-state index in [0.717, 1.165) is 25.9 Å². The largest absolute Gasteiger partial charge is 0.339 e. The van der Waals surface area contributed by atoms with Crippen LogP contribution in [0, 0.1) is 0 Å². The van der Waals surface area contributed by atoms with Gasteiger partial charge >= 0.3 is 0 Å². The lowest BCUT2D eigenvalue weighted by Crippen LogP contribution is -2.09. The van der Waals surface area contributed by atoms with Gasteiger partial charge in [-0.25, -0.2) is 0 Å². The molecule has 0 radical (unpaired) electrons. The monoisotopic (exact) mass is 183 g/mol. The summed E-state index contributed by atoms with van der Waals surface area (Å²) in [5.74, 6) is 0.371. The Labute approximate surface area is 81.3 Å². The molecule has 1 aliphatic rings. The number of hydrogen-bond acceptors (Lipinski definition) is 1. The first kappa shape index (κ1) is 10.6. The van der Waals surface area contributed by atoms with Gasteiger partial charge in [0.1, 0.15) is 0 Å². The molecule has 0 aromatic rings. The topological polar surface area (TPSA) is 20.1 Å². The Morgan fingerprint density at radius 2 is 1.69 bits per heavy atom. The number of carbonyl (C=O) groups excluding carboxylic acids is 1. The van der Waals surface area contributed by atoms with E-state index in [4.69, 9.17) is 0 Å². The van der Waals surface area contributed by atoms with E-state index in [1.165, 1.54) is 32.1 Å². The molecule has 1 aliphatic heterocycles. The number of carbonyl (C=O) groups is 1. The molecule has 0 unspecified atom stereocenters. The van der Waals surface area contributed by atoms with E-state index in [-0.39, 0.29) is 0 Å². The second kappa shape index (κ2) is 6.01. The first-order chi connectivity index (χ1) is 6.34. The third-order valence-electron chi connectivity index (χ3n) is 2.54. The first-order valence-electron chi connectivity index (χ1n) is 5.62. The molecular weight excluding hydrogens is 162 g/mol. The van der Waals surface area contributed by atoms with Crippen LogP contribution >= 0.6 is 0 Å². The highest BCUT2D eigenvalue weighted by Crippen LogP contribution is 2.11. The minimum Gasteiger partial charge on any atom is -0.339 e. The van der Waals surface area contributed by atoms with Gasteiger partial charge in [-0.15, -0.1) is 0 Å². The number of hydrogen-bond donors (Lipinski definition) is 0. The van der Waals surface area contributed by atoms with Crippen LogP contribution in [0.3, 0.4) is 0 Å². The lowest BCUT2D eigenvalue weighted by Gasteiger charge is -2.01. The van der Waals surface area contributed by atoms with Gasteiger partial charge in [0.25, 0.3) is 0 Å². The molecule has 1 heterocycles. The molecule has 0 atom stereocenters. The smallest absolute Gasteiger partial charge is 0.222 e. The van der Waals surface area contributed by atoms with Crippen molar-refractivity contribution in [3.8, 4) is 0 Å². The zero-order valence-electron chi connectivity index (χ0n) is 8.72. The van der Waals surface area contributed by atoms with Crippen LogP contribution in [0.1, 0.15) is 51.9 Å². The fourth-order valence-electron chi connectivity index (χ4n) is 1.51. The fraction of sp³-hybridized carbons (Fsp3) is 0.909. The Hall–Kier alpha value is -0.530. The Balaban J connectivity index is 1.80. The lowest BCUT2D eigenvalue weighted by molar-refractivity contribution is -0.125. The van der Waals surface area contributed by atoms with Crippen molar-refractivity contribution in [1.29, 1.82) is 0 Å². The molecule has 0 bridgehead atoms.